The van der Waals surface area contributed by atoms with Crippen molar-refractivity contribution in [2.45, 2.75) is 212 Å². The molecule has 0 amide bonds. The van der Waals surface area contributed by atoms with Crippen LogP contribution in [0.4, 0.5) is 0 Å². The first-order valence-electron chi connectivity index (χ1n) is 18.7. The summed E-state index contributed by atoms with van der Waals surface area (Å²) in [6.45, 7) is 5.48. The molecule has 244 valence electrons. The minimum absolute atomic E-state index is 0.0111. The lowest BCUT2D eigenvalue weighted by atomic mass is 10.0. The van der Waals surface area contributed by atoms with E-state index in [1.807, 2.05) is 0 Å². The van der Waals surface area contributed by atoms with Crippen molar-refractivity contribution in [2.24, 2.45) is 0 Å². The van der Waals surface area contributed by atoms with Gasteiger partial charge in [0.1, 0.15) is 13.2 Å². The molecule has 1 rings (SSSR count). The normalized spacial score (nSPS) is 15.1. The molecule has 41 heavy (non-hydrogen) atoms. The molecule has 0 aromatic heterocycles. The van der Waals surface area contributed by atoms with Crippen LogP contribution in [0.5, 0.6) is 0 Å². The number of ether oxygens (including phenoxy) is 3. The molecule has 1 aliphatic rings. The Bertz CT molecular complexity index is 539. The number of unbranched alkanes of at least 4 members (excludes halogenated alkanes) is 27. The Labute approximate surface area is 256 Å². The summed E-state index contributed by atoms with van der Waals surface area (Å²) in [4.78, 5) is 11.7. The molecule has 0 aromatic rings. The highest BCUT2D eigenvalue weighted by Crippen LogP contribution is 2.27. The monoisotopic (exact) mass is 581 g/mol. The summed E-state index contributed by atoms with van der Waals surface area (Å²) in [5, 5.41) is 0. The van der Waals surface area contributed by atoms with Gasteiger partial charge in [-0.2, -0.15) is 0 Å². The molecule has 1 saturated heterocycles. The first-order chi connectivity index (χ1) is 20.2. The highest BCUT2D eigenvalue weighted by atomic mass is 16.9. The fraction of sp³-hybridized carbons (Fsp3) is 0.973. The maximum Gasteiger partial charge on any atom is 0.283 e. The zero-order valence-electron chi connectivity index (χ0n) is 28.0. The summed E-state index contributed by atoms with van der Waals surface area (Å²) < 4.78 is 17.8. The summed E-state index contributed by atoms with van der Waals surface area (Å²) in [5.74, 6) is -0.974. The molecule has 0 atom stereocenters. The zero-order chi connectivity index (χ0) is 29.5. The molecule has 1 aliphatic heterocycles. The van der Waals surface area contributed by atoms with Gasteiger partial charge in [-0.1, -0.05) is 187 Å². The molecule has 0 radical (unpaired) electrons. The van der Waals surface area contributed by atoms with Gasteiger partial charge in [-0.3, -0.25) is 4.79 Å². The lowest BCUT2D eigenvalue weighted by Gasteiger charge is -2.36. The summed E-state index contributed by atoms with van der Waals surface area (Å²) in [7, 11) is 0. The minimum Gasteiger partial charge on any atom is -0.327 e. The molecule has 0 aromatic carbocycles. The van der Waals surface area contributed by atoms with Gasteiger partial charge in [-0.15, -0.1) is 0 Å². The van der Waals surface area contributed by atoms with E-state index >= 15 is 0 Å². The predicted molar refractivity (Wildman–Crippen MR) is 175 cm³/mol. The van der Waals surface area contributed by atoms with Gasteiger partial charge in [0.05, 0.1) is 6.61 Å². The standard InChI is InChI=1S/C37H72O4/c1-3-5-7-9-11-13-15-17-18-19-21-23-25-27-29-31-33-39-37(40-34-36(38)35-41-37)32-30-28-26-24-22-20-16-14-12-10-8-6-4-2/h3-35H2,1-2H3. The molecule has 0 saturated carbocycles. The Balaban J connectivity index is 1.96. The minimum atomic E-state index is -0.985. The van der Waals surface area contributed by atoms with Crippen molar-refractivity contribution in [1.82, 2.24) is 0 Å². The summed E-state index contributed by atoms with van der Waals surface area (Å²) in [6.07, 6.45) is 40.0. The van der Waals surface area contributed by atoms with E-state index in [1.165, 1.54) is 173 Å². The summed E-state index contributed by atoms with van der Waals surface area (Å²) >= 11 is 0. The van der Waals surface area contributed by atoms with Crippen LogP contribution >= 0.6 is 0 Å². The third-order valence-corrected chi connectivity index (χ3v) is 8.81. The first-order valence-corrected chi connectivity index (χ1v) is 18.7. The first kappa shape index (κ1) is 38.6. The molecular formula is C37H72O4. The van der Waals surface area contributed by atoms with Gasteiger partial charge in [-0.05, 0) is 12.8 Å². The smallest absolute Gasteiger partial charge is 0.283 e. The van der Waals surface area contributed by atoms with Crippen LogP contribution in [0.3, 0.4) is 0 Å². The van der Waals surface area contributed by atoms with Gasteiger partial charge >= 0.3 is 0 Å². The molecule has 0 aliphatic carbocycles. The Morgan fingerprint density at radius 3 is 1.10 bits per heavy atom. The van der Waals surface area contributed by atoms with Crippen LogP contribution in [0, 0.1) is 0 Å². The fourth-order valence-electron chi connectivity index (χ4n) is 6.00. The second kappa shape index (κ2) is 29.6. The van der Waals surface area contributed by atoms with Gasteiger partial charge < -0.3 is 14.2 Å². The SMILES string of the molecule is CCCCCCCCCCCCCCCCCCOC1(CCCCCCCCCCCCCCC)OCC(=O)CO1. The second-order valence-corrected chi connectivity index (χ2v) is 12.9. The average Bonchev–Trinajstić information content (AvgIpc) is 2.98. The fourth-order valence-corrected chi connectivity index (χ4v) is 6.00. The average molecular weight is 581 g/mol. The van der Waals surface area contributed by atoms with Crippen LogP contribution in [0.25, 0.3) is 0 Å². The highest BCUT2D eigenvalue weighted by molar-refractivity contribution is 5.81. The molecular weight excluding hydrogens is 508 g/mol. The van der Waals surface area contributed by atoms with Gasteiger partial charge in [0, 0.05) is 6.42 Å². The van der Waals surface area contributed by atoms with Gasteiger partial charge in [0.15, 0.2) is 5.78 Å². The quantitative estimate of drug-likeness (QED) is 0.0742. The molecule has 1 heterocycles. The van der Waals surface area contributed by atoms with E-state index in [0.29, 0.717) is 6.61 Å². The van der Waals surface area contributed by atoms with Crippen molar-refractivity contribution < 1.29 is 19.0 Å². The Morgan fingerprint density at radius 1 is 0.463 bits per heavy atom. The van der Waals surface area contributed by atoms with E-state index in [4.69, 9.17) is 14.2 Å². The predicted octanol–water partition coefficient (Wildman–Crippen LogP) is 12.0. The molecule has 0 spiro atoms. The van der Waals surface area contributed by atoms with Crippen molar-refractivity contribution in [1.29, 1.82) is 0 Å². The van der Waals surface area contributed by atoms with Crippen LogP contribution in [-0.2, 0) is 19.0 Å². The van der Waals surface area contributed by atoms with Crippen LogP contribution in [0.2, 0.25) is 0 Å². The molecule has 4 nitrogen and oxygen atoms in total. The van der Waals surface area contributed by atoms with Gasteiger partial charge in [0.2, 0.25) is 0 Å². The zero-order valence-corrected chi connectivity index (χ0v) is 28.0. The molecule has 4 heteroatoms. The van der Waals surface area contributed by atoms with E-state index in [1.54, 1.807) is 0 Å². The third-order valence-electron chi connectivity index (χ3n) is 8.81. The largest absolute Gasteiger partial charge is 0.327 e. The summed E-state index contributed by atoms with van der Waals surface area (Å²) in [6, 6.07) is 0. The molecule has 0 bridgehead atoms. The maximum absolute atomic E-state index is 11.7. The topological polar surface area (TPSA) is 44.8 Å². The van der Waals surface area contributed by atoms with Crippen molar-refractivity contribution >= 4 is 5.78 Å². The van der Waals surface area contributed by atoms with Crippen LogP contribution in [-0.4, -0.2) is 31.6 Å². The van der Waals surface area contributed by atoms with Crippen LogP contribution in [0.15, 0.2) is 0 Å². The van der Waals surface area contributed by atoms with E-state index in [9.17, 15) is 4.79 Å². The Hall–Kier alpha value is -0.450. The van der Waals surface area contributed by atoms with E-state index < -0.39 is 5.97 Å². The van der Waals surface area contributed by atoms with Crippen molar-refractivity contribution in [2.75, 3.05) is 19.8 Å². The third kappa shape index (κ3) is 24.7. The number of hydrogen-bond donors (Lipinski definition) is 0. The number of hydrogen-bond acceptors (Lipinski definition) is 4. The summed E-state index contributed by atoms with van der Waals surface area (Å²) in [5.41, 5.74) is 0. The van der Waals surface area contributed by atoms with Gasteiger partial charge in [-0.25, -0.2) is 0 Å². The highest BCUT2D eigenvalue weighted by Gasteiger charge is 2.38. The number of ketones is 1. The lowest BCUT2D eigenvalue weighted by Crippen LogP contribution is -2.47. The van der Waals surface area contributed by atoms with Crippen LogP contribution in [0.1, 0.15) is 206 Å². The number of carbonyl (C=O) groups excluding carboxylic acids is 1. The van der Waals surface area contributed by atoms with E-state index in [-0.39, 0.29) is 19.0 Å². The molecule has 0 unspecified atom stereocenters. The van der Waals surface area contributed by atoms with Gasteiger partial charge in [0.25, 0.3) is 5.97 Å². The Morgan fingerprint density at radius 2 is 0.756 bits per heavy atom. The number of Topliss-reactive ketones (excluding diaryl/α,β-unsaturated/α-hetero) is 1. The second-order valence-electron chi connectivity index (χ2n) is 12.9. The number of rotatable bonds is 32. The van der Waals surface area contributed by atoms with Crippen molar-refractivity contribution in [3.8, 4) is 0 Å². The van der Waals surface area contributed by atoms with E-state index in [2.05, 4.69) is 13.8 Å². The van der Waals surface area contributed by atoms with Crippen molar-refractivity contribution in [3.63, 3.8) is 0 Å². The molecule has 1 fully saturated rings. The lowest BCUT2D eigenvalue weighted by molar-refractivity contribution is -0.389. The maximum atomic E-state index is 11.7. The number of carbonyl (C=O) groups is 1. The van der Waals surface area contributed by atoms with Crippen molar-refractivity contribution in [3.05, 3.63) is 0 Å². The molecule has 0 N–H and O–H groups in total. The van der Waals surface area contributed by atoms with Crippen LogP contribution < -0.4 is 0 Å². The van der Waals surface area contributed by atoms with E-state index in [0.717, 1.165) is 19.3 Å². The Kier molecular flexibility index (Phi) is 27.9.